The number of rotatable bonds is 8. The topological polar surface area (TPSA) is 60.0 Å². The maximum Gasteiger partial charge on any atom is 0.221 e. The summed E-state index contributed by atoms with van der Waals surface area (Å²) in [5.74, 6) is 1.52. The number of ether oxygens (including phenoxy) is 3. The third kappa shape index (κ3) is 5.90. The number of nitrogens with one attached hydrogen (secondary N) is 1. The van der Waals surface area contributed by atoms with E-state index >= 15 is 0 Å². The first-order valence-corrected chi connectivity index (χ1v) is 8.87. The molecule has 1 fully saturated rings. The Morgan fingerprint density at radius 1 is 1.24 bits per heavy atom. The highest BCUT2D eigenvalue weighted by Gasteiger charge is 2.22. The van der Waals surface area contributed by atoms with E-state index < -0.39 is 0 Å². The lowest BCUT2D eigenvalue weighted by atomic mass is 10.1. The zero-order valence-corrected chi connectivity index (χ0v) is 15.7. The van der Waals surface area contributed by atoms with Crippen molar-refractivity contribution < 1.29 is 19.0 Å². The number of hydrogen-bond acceptors (Lipinski definition) is 5. The van der Waals surface area contributed by atoms with Crippen molar-refractivity contribution in [1.82, 2.24) is 10.2 Å². The minimum atomic E-state index is 0.0775. The van der Waals surface area contributed by atoms with Crippen LogP contribution in [-0.2, 0) is 16.0 Å². The fourth-order valence-corrected chi connectivity index (χ4v) is 3.30. The molecule has 0 unspecified atom stereocenters. The Morgan fingerprint density at radius 3 is 2.60 bits per heavy atom. The first kappa shape index (κ1) is 19.5. The normalized spacial score (nSPS) is 21.0. The van der Waals surface area contributed by atoms with Gasteiger partial charge >= 0.3 is 0 Å². The van der Waals surface area contributed by atoms with Crippen molar-refractivity contribution in [3.05, 3.63) is 23.8 Å². The average Bonchev–Trinajstić information content (AvgIpc) is 2.58. The molecule has 1 amide bonds. The van der Waals surface area contributed by atoms with Gasteiger partial charge in [-0.1, -0.05) is 12.1 Å². The Balaban J connectivity index is 1.74. The van der Waals surface area contributed by atoms with Crippen molar-refractivity contribution >= 4 is 5.91 Å². The van der Waals surface area contributed by atoms with Gasteiger partial charge in [-0.2, -0.15) is 0 Å². The maximum atomic E-state index is 12.1. The highest BCUT2D eigenvalue weighted by atomic mass is 16.5. The van der Waals surface area contributed by atoms with E-state index in [0.29, 0.717) is 25.1 Å². The number of carbonyl (C=O) groups is 1. The Hall–Kier alpha value is -1.79. The van der Waals surface area contributed by atoms with Crippen molar-refractivity contribution in [2.24, 2.45) is 0 Å². The van der Waals surface area contributed by atoms with Crippen molar-refractivity contribution in [2.45, 2.75) is 38.9 Å². The molecule has 1 aromatic rings. The van der Waals surface area contributed by atoms with Gasteiger partial charge in [0.2, 0.25) is 5.91 Å². The monoisotopic (exact) mass is 350 g/mol. The quantitative estimate of drug-likeness (QED) is 0.775. The SMILES string of the molecule is COc1cccc(CCNC(=O)CCN2C[C@@H](C)O[C@@H](C)C2)c1OC. The second-order valence-electron chi connectivity index (χ2n) is 6.52. The Morgan fingerprint density at radius 2 is 1.96 bits per heavy atom. The molecule has 0 bridgehead atoms. The summed E-state index contributed by atoms with van der Waals surface area (Å²) in [4.78, 5) is 14.4. The summed E-state index contributed by atoms with van der Waals surface area (Å²) < 4.78 is 16.4. The minimum absolute atomic E-state index is 0.0775. The van der Waals surface area contributed by atoms with E-state index in [1.807, 2.05) is 18.2 Å². The molecule has 0 aromatic heterocycles. The molecule has 0 saturated carbocycles. The van der Waals surface area contributed by atoms with Crippen LogP contribution in [0.3, 0.4) is 0 Å². The van der Waals surface area contributed by atoms with Crippen molar-refractivity contribution in [1.29, 1.82) is 0 Å². The van der Waals surface area contributed by atoms with Crippen LogP contribution in [0.25, 0.3) is 0 Å². The van der Waals surface area contributed by atoms with Crippen LogP contribution < -0.4 is 14.8 Å². The lowest BCUT2D eigenvalue weighted by molar-refractivity contribution is -0.122. The average molecular weight is 350 g/mol. The van der Waals surface area contributed by atoms with Crippen LogP contribution in [0.5, 0.6) is 11.5 Å². The number of morpholine rings is 1. The van der Waals surface area contributed by atoms with Gasteiger partial charge in [0.15, 0.2) is 11.5 Å². The molecule has 6 nitrogen and oxygen atoms in total. The lowest BCUT2D eigenvalue weighted by Crippen LogP contribution is -2.46. The summed E-state index contributed by atoms with van der Waals surface area (Å²) in [7, 11) is 3.25. The van der Waals surface area contributed by atoms with Gasteiger partial charge in [-0.15, -0.1) is 0 Å². The van der Waals surface area contributed by atoms with Gasteiger partial charge in [0, 0.05) is 32.6 Å². The van der Waals surface area contributed by atoms with E-state index in [9.17, 15) is 4.79 Å². The predicted molar refractivity (Wildman–Crippen MR) is 97.3 cm³/mol. The van der Waals surface area contributed by atoms with Crippen LogP contribution in [0.2, 0.25) is 0 Å². The van der Waals surface area contributed by atoms with Crippen LogP contribution in [0, 0.1) is 0 Å². The van der Waals surface area contributed by atoms with Gasteiger partial charge in [-0.25, -0.2) is 0 Å². The van der Waals surface area contributed by atoms with Crippen LogP contribution in [0.4, 0.5) is 0 Å². The molecular formula is C19H30N2O4. The molecule has 6 heteroatoms. The van der Waals surface area contributed by atoms with Crippen LogP contribution in [-0.4, -0.2) is 63.4 Å². The summed E-state index contributed by atoms with van der Waals surface area (Å²) in [6.07, 6.45) is 1.67. The molecule has 0 spiro atoms. The summed E-state index contributed by atoms with van der Waals surface area (Å²) >= 11 is 0. The standard InChI is InChI=1S/C19H30N2O4/c1-14-12-21(13-15(2)25-14)11-9-18(22)20-10-8-16-6-5-7-17(23-3)19(16)24-4/h5-7,14-15H,8-13H2,1-4H3,(H,20,22)/t14-,15+. The number of para-hydroxylation sites is 1. The zero-order chi connectivity index (χ0) is 18.2. The molecule has 0 radical (unpaired) electrons. The second-order valence-corrected chi connectivity index (χ2v) is 6.52. The number of amides is 1. The molecule has 140 valence electrons. The van der Waals surface area contributed by atoms with Gasteiger partial charge in [0.1, 0.15) is 0 Å². The van der Waals surface area contributed by atoms with Crippen molar-refractivity contribution in [2.75, 3.05) is 40.4 Å². The molecule has 1 N–H and O–H groups in total. The molecule has 1 saturated heterocycles. The molecule has 25 heavy (non-hydrogen) atoms. The Bertz CT molecular complexity index is 554. The van der Waals surface area contributed by atoms with E-state index in [2.05, 4.69) is 24.1 Å². The summed E-state index contributed by atoms with van der Waals surface area (Å²) in [6, 6.07) is 5.79. The molecular weight excluding hydrogens is 320 g/mol. The van der Waals surface area contributed by atoms with E-state index in [4.69, 9.17) is 14.2 Å². The number of carbonyl (C=O) groups excluding carboxylic acids is 1. The summed E-state index contributed by atoms with van der Waals surface area (Å²) in [6.45, 7) is 7.27. The minimum Gasteiger partial charge on any atom is -0.493 e. The molecule has 1 aliphatic rings. The predicted octanol–water partition coefficient (Wildman–Crippen LogP) is 1.86. The van der Waals surface area contributed by atoms with Gasteiger partial charge in [-0.05, 0) is 31.9 Å². The molecule has 1 heterocycles. The third-order valence-electron chi connectivity index (χ3n) is 4.35. The van der Waals surface area contributed by atoms with Crippen LogP contribution in [0.15, 0.2) is 18.2 Å². The summed E-state index contributed by atoms with van der Waals surface area (Å²) in [5.41, 5.74) is 1.03. The van der Waals surface area contributed by atoms with Crippen molar-refractivity contribution in [3.8, 4) is 11.5 Å². The summed E-state index contributed by atoms with van der Waals surface area (Å²) in [5, 5.41) is 2.99. The highest BCUT2D eigenvalue weighted by molar-refractivity contribution is 5.76. The van der Waals surface area contributed by atoms with Crippen LogP contribution >= 0.6 is 0 Å². The Labute approximate surface area is 150 Å². The number of hydrogen-bond donors (Lipinski definition) is 1. The first-order chi connectivity index (χ1) is 12.0. The second kappa shape index (κ2) is 9.63. The third-order valence-corrected chi connectivity index (χ3v) is 4.35. The van der Waals surface area contributed by atoms with Gasteiger partial charge < -0.3 is 19.5 Å². The smallest absolute Gasteiger partial charge is 0.221 e. The lowest BCUT2D eigenvalue weighted by Gasteiger charge is -2.35. The molecule has 0 aliphatic carbocycles. The van der Waals surface area contributed by atoms with Crippen molar-refractivity contribution in [3.63, 3.8) is 0 Å². The fraction of sp³-hybridized carbons (Fsp3) is 0.632. The van der Waals surface area contributed by atoms with E-state index in [0.717, 1.165) is 30.9 Å². The fourth-order valence-electron chi connectivity index (χ4n) is 3.30. The molecule has 1 aliphatic heterocycles. The number of nitrogens with zero attached hydrogens (tertiary/aromatic N) is 1. The molecule has 2 rings (SSSR count). The van der Waals surface area contributed by atoms with E-state index in [1.54, 1.807) is 14.2 Å². The number of benzene rings is 1. The molecule has 2 atom stereocenters. The highest BCUT2D eigenvalue weighted by Crippen LogP contribution is 2.30. The van der Waals surface area contributed by atoms with E-state index in [1.165, 1.54) is 0 Å². The van der Waals surface area contributed by atoms with Crippen LogP contribution in [0.1, 0.15) is 25.8 Å². The first-order valence-electron chi connectivity index (χ1n) is 8.87. The van der Waals surface area contributed by atoms with Gasteiger partial charge in [-0.3, -0.25) is 9.69 Å². The van der Waals surface area contributed by atoms with E-state index in [-0.39, 0.29) is 18.1 Å². The van der Waals surface area contributed by atoms with Gasteiger partial charge in [0.25, 0.3) is 0 Å². The maximum absolute atomic E-state index is 12.1. The Kier molecular flexibility index (Phi) is 7.52. The molecule has 1 aromatic carbocycles. The number of methoxy groups -OCH3 is 2. The largest absolute Gasteiger partial charge is 0.493 e. The zero-order valence-electron chi connectivity index (χ0n) is 15.7. The van der Waals surface area contributed by atoms with Gasteiger partial charge in [0.05, 0.1) is 26.4 Å².